The second-order valence-corrected chi connectivity index (χ2v) is 5.68. The molecule has 0 bridgehead atoms. The lowest BCUT2D eigenvalue weighted by molar-refractivity contribution is -0.384. The van der Waals surface area contributed by atoms with Crippen molar-refractivity contribution < 1.29 is 24.0 Å². The molecule has 2 aromatic rings. The maximum atomic E-state index is 12.1. The molecule has 0 aromatic heterocycles. The highest BCUT2D eigenvalue weighted by Gasteiger charge is 2.13. The van der Waals surface area contributed by atoms with Crippen molar-refractivity contribution in [2.45, 2.75) is 0 Å². The smallest absolute Gasteiger partial charge is 0.343 e. The molecule has 9 heteroatoms. The molecule has 2 aromatic carbocycles. The van der Waals surface area contributed by atoms with E-state index in [-0.39, 0.29) is 29.1 Å². The molecule has 0 heterocycles. The number of rotatable bonds is 8. The highest BCUT2D eigenvalue weighted by molar-refractivity contribution is 6.01. The number of nitriles is 1. The van der Waals surface area contributed by atoms with E-state index >= 15 is 0 Å². The summed E-state index contributed by atoms with van der Waals surface area (Å²) in [6.45, 7) is 0.607. The zero-order chi connectivity index (χ0) is 21.2. The Kier molecular flexibility index (Phi) is 7.59. The first-order valence-corrected chi connectivity index (χ1v) is 8.40. The van der Waals surface area contributed by atoms with Crippen molar-refractivity contribution in [3.63, 3.8) is 0 Å². The summed E-state index contributed by atoms with van der Waals surface area (Å²) in [5.41, 5.74) is 0.302. The second-order valence-electron chi connectivity index (χ2n) is 5.68. The third-order valence-electron chi connectivity index (χ3n) is 3.65. The van der Waals surface area contributed by atoms with Gasteiger partial charge in [-0.25, -0.2) is 4.79 Å². The molecule has 0 saturated carbocycles. The third-order valence-corrected chi connectivity index (χ3v) is 3.65. The van der Waals surface area contributed by atoms with Gasteiger partial charge in [0, 0.05) is 25.8 Å². The lowest BCUT2D eigenvalue weighted by atomic mass is 10.1. The van der Waals surface area contributed by atoms with Gasteiger partial charge < -0.3 is 14.8 Å². The Morgan fingerprint density at radius 3 is 2.59 bits per heavy atom. The van der Waals surface area contributed by atoms with Crippen LogP contribution < -0.4 is 10.1 Å². The first-order chi connectivity index (χ1) is 13.9. The summed E-state index contributed by atoms with van der Waals surface area (Å²) in [4.78, 5) is 34.3. The van der Waals surface area contributed by atoms with Crippen molar-refractivity contribution in [3.8, 4) is 11.8 Å². The average Bonchev–Trinajstić information content (AvgIpc) is 2.73. The SMILES string of the molecule is COCCNC(=O)/C(C#N)=C/c1ccc(OC(=O)c2cccc([N+](=O)[O-])c2)cc1. The molecule has 148 valence electrons. The largest absolute Gasteiger partial charge is 0.423 e. The van der Waals surface area contributed by atoms with Crippen LogP contribution in [-0.2, 0) is 9.53 Å². The fourth-order valence-corrected chi connectivity index (χ4v) is 2.22. The van der Waals surface area contributed by atoms with Crippen LogP contribution >= 0.6 is 0 Å². The molecule has 1 amide bonds. The predicted octanol–water partition coefficient (Wildman–Crippen LogP) is 2.48. The van der Waals surface area contributed by atoms with E-state index in [1.165, 1.54) is 43.5 Å². The summed E-state index contributed by atoms with van der Waals surface area (Å²) in [6, 6.07) is 13.1. The van der Waals surface area contributed by atoms with Crippen LogP contribution in [0.1, 0.15) is 15.9 Å². The fraction of sp³-hybridized carbons (Fsp3) is 0.150. The van der Waals surface area contributed by atoms with Gasteiger partial charge in [-0.05, 0) is 29.8 Å². The summed E-state index contributed by atoms with van der Waals surface area (Å²) < 4.78 is 10.0. The van der Waals surface area contributed by atoms with Crippen LogP contribution in [0, 0.1) is 21.4 Å². The molecule has 0 atom stereocenters. The Hall–Kier alpha value is -4.03. The predicted molar refractivity (Wildman–Crippen MR) is 103 cm³/mol. The van der Waals surface area contributed by atoms with Gasteiger partial charge in [0.2, 0.25) is 0 Å². The monoisotopic (exact) mass is 395 g/mol. The van der Waals surface area contributed by atoms with Crippen LogP contribution in [0.2, 0.25) is 0 Å². The number of nitrogens with zero attached hydrogens (tertiary/aromatic N) is 2. The molecule has 0 unspecified atom stereocenters. The Labute approximate surface area is 166 Å². The van der Waals surface area contributed by atoms with E-state index in [1.807, 2.05) is 6.07 Å². The molecule has 0 radical (unpaired) electrons. The highest BCUT2D eigenvalue weighted by Crippen LogP contribution is 2.18. The van der Waals surface area contributed by atoms with E-state index in [1.54, 1.807) is 12.1 Å². The minimum absolute atomic E-state index is 0.0441. The number of carbonyl (C=O) groups excluding carboxylic acids is 2. The number of methoxy groups -OCH3 is 1. The van der Waals surface area contributed by atoms with E-state index in [9.17, 15) is 19.7 Å². The number of hydrogen-bond acceptors (Lipinski definition) is 7. The molecule has 0 aliphatic rings. The van der Waals surface area contributed by atoms with Crippen molar-refractivity contribution in [2.24, 2.45) is 0 Å². The van der Waals surface area contributed by atoms with Crippen molar-refractivity contribution in [1.82, 2.24) is 5.32 Å². The fourth-order valence-electron chi connectivity index (χ4n) is 2.22. The first-order valence-electron chi connectivity index (χ1n) is 8.40. The minimum Gasteiger partial charge on any atom is -0.423 e. The molecule has 0 saturated heterocycles. The number of ether oxygens (including phenoxy) is 2. The standard InChI is InChI=1S/C20H17N3O6/c1-28-10-9-22-19(24)16(13-21)11-14-5-7-18(8-6-14)29-20(25)15-3-2-4-17(12-15)23(26)27/h2-8,11-12H,9-10H2,1H3,(H,22,24)/b16-11+. The van der Waals surface area contributed by atoms with Gasteiger partial charge in [0.25, 0.3) is 11.6 Å². The number of nitro benzene ring substituents is 1. The van der Waals surface area contributed by atoms with Crippen molar-refractivity contribution in [2.75, 3.05) is 20.3 Å². The maximum Gasteiger partial charge on any atom is 0.343 e. The Morgan fingerprint density at radius 1 is 1.24 bits per heavy atom. The van der Waals surface area contributed by atoms with Gasteiger partial charge in [0.05, 0.1) is 17.1 Å². The van der Waals surface area contributed by atoms with Crippen LogP contribution in [0.4, 0.5) is 5.69 Å². The van der Waals surface area contributed by atoms with Gasteiger partial charge in [0.1, 0.15) is 17.4 Å². The Bertz CT molecular complexity index is 976. The molecule has 9 nitrogen and oxygen atoms in total. The number of carbonyl (C=O) groups is 2. The summed E-state index contributed by atoms with van der Waals surface area (Å²) in [5.74, 6) is -1.06. The molecule has 0 fully saturated rings. The normalized spacial score (nSPS) is 10.7. The number of esters is 1. The highest BCUT2D eigenvalue weighted by atomic mass is 16.6. The number of benzene rings is 2. The average molecular weight is 395 g/mol. The third kappa shape index (κ3) is 6.27. The molecule has 29 heavy (non-hydrogen) atoms. The zero-order valence-electron chi connectivity index (χ0n) is 15.5. The van der Waals surface area contributed by atoms with E-state index in [4.69, 9.17) is 14.7 Å². The van der Waals surface area contributed by atoms with Crippen LogP contribution in [0.5, 0.6) is 5.75 Å². The van der Waals surface area contributed by atoms with E-state index in [2.05, 4.69) is 5.32 Å². The van der Waals surface area contributed by atoms with Gasteiger partial charge in [-0.2, -0.15) is 5.26 Å². The number of amides is 1. The summed E-state index contributed by atoms with van der Waals surface area (Å²) in [5, 5.41) is 22.5. The van der Waals surface area contributed by atoms with Gasteiger partial charge >= 0.3 is 5.97 Å². The molecular weight excluding hydrogens is 378 g/mol. The molecule has 1 N–H and O–H groups in total. The topological polar surface area (TPSA) is 132 Å². The van der Waals surface area contributed by atoms with Gasteiger partial charge in [0.15, 0.2) is 0 Å². The minimum atomic E-state index is -0.743. The van der Waals surface area contributed by atoms with Crippen LogP contribution in [0.3, 0.4) is 0 Å². The van der Waals surface area contributed by atoms with E-state index in [0.29, 0.717) is 12.2 Å². The Balaban J connectivity index is 2.07. The first kappa shape index (κ1) is 21.3. The molecular formula is C20H17N3O6. The van der Waals surface area contributed by atoms with E-state index < -0.39 is 16.8 Å². The van der Waals surface area contributed by atoms with Crippen LogP contribution in [0.25, 0.3) is 6.08 Å². The summed E-state index contributed by atoms with van der Waals surface area (Å²) in [7, 11) is 1.50. The number of nitro groups is 1. The summed E-state index contributed by atoms with van der Waals surface area (Å²) >= 11 is 0. The molecule has 0 spiro atoms. The number of nitrogens with one attached hydrogen (secondary N) is 1. The van der Waals surface area contributed by atoms with Crippen molar-refractivity contribution >= 4 is 23.6 Å². The van der Waals surface area contributed by atoms with Crippen molar-refractivity contribution in [3.05, 3.63) is 75.3 Å². The molecule has 0 aliphatic carbocycles. The van der Waals surface area contributed by atoms with Crippen molar-refractivity contribution in [1.29, 1.82) is 5.26 Å². The lowest BCUT2D eigenvalue weighted by Gasteiger charge is -2.05. The quantitative estimate of drug-likeness (QED) is 0.138. The zero-order valence-corrected chi connectivity index (χ0v) is 15.5. The molecule has 0 aliphatic heterocycles. The Morgan fingerprint density at radius 2 is 1.97 bits per heavy atom. The molecule has 2 rings (SSSR count). The van der Waals surface area contributed by atoms with Gasteiger partial charge in [-0.1, -0.05) is 18.2 Å². The summed E-state index contributed by atoms with van der Waals surface area (Å²) in [6.07, 6.45) is 1.40. The van der Waals surface area contributed by atoms with Crippen LogP contribution in [0.15, 0.2) is 54.1 Å². The number of non-ortho nitro benzene ring substituents is 1. The van der Waals surface area contributed by atoms with Gasteiger partial charge in [-0.3, -0.25) is 14.9 Å². The lowest BCUT2D eigenvalue weighted by Crippen LogP contribution is -2.27. The van der Waals surface area contributed by atoms with Crippen LogP contribution in [-0.4, -0.2) is 37.1 Å². The van der Waals surface area contributed by atoms with Gasteiger partial charge in [-0.15, -0.1) is 0 Å². The van der Waals surface area contributed by atoms with E-state index in [0.717, 1.165) is 6.07 Å². The second kappa shape index (κ2) is 10.3. The maximum absolute atomic E-state index is 12.1. The number of hydrogen-bond donors (Lipinski definition) is 1.